The van der Waals surface area contributed by atoms with Gasteiger partial charge in [0.1, 0.15) is 0 Å². The molecule has 1 aromatic rings. The smallest absolute Gasteiger partial charge is 0.200 e. The van der Waals surface area contributed by atoms with Crippen LogP contribution in [-0.4, -0.2) is 15.6 Å². The fourth-order valence-electron chi connectivity index (χ4n) is 0.764. The van der Waals surface area contributed by atoms with Crippen LogP contribution in [-0.2, 0) is 4.79 Å². The number of aromatic nitrogens is 2. The van der Waals surface area contributed by atoms with Crippen molar-refractivity contribution in [1.29, 1.82) is 0 Å². The number of allylic oxidation sites excluding steroid dienone is 2. The minimum absolute atomic E-state index is 0.383. The molecular formula is C7H9N3OS. The zero-order chi connectivity index (χ0) is 8.97. The molecule has 1 aromatic heterocycles. The number of aldehydes is 1. The lowest BCUT2D eigenvalue weighted by Crippen LogP contribution is -1.89. The van der Waals surface area contributed by atoms with E-state index in [1.165, 1.54) is 0 Å². The summed E-state index contributed by atoms with van der Waals surface area (Å²) >= 11 is 1.09. The van der Waals surface area contributed by atoms with Gasteiger partial charge in [0.2, 0.25) is 0 Å². The third-order valence-corrected chi connectivity index (χ3v) is 1.79. The molecule has 0 saturated heterocycles. The molecule has 2 N–H and O–H groups in total. The fourth-order valence-corrected chi connectivity index (χ4v) is 1.22. The molecule has 0 fully saturated rings. The fraction of sp³-hybridized carbons (Fsp3) is 0.286. The molecule has 0 amide bonds. The van der Waals surface area contributed by atoms with Crippen LogP contribution in [0.5, 0.6) is 0 Å². The van der Waals surface area contributed by atoms with E-state index in [1.807, 2.05) is 6.92 Å². The first kappa shape index (κ1) is 8.86. The van der Waals surface area contributed by atoms with Crippen molar-refractivity contribution in [3.63, 3.8) is 0 Å². The standard InChI is InChI=1S/C7H9N3OS/c1-2-3-5(4-11)6-9-7(8)12-10-6/h3-4H,2H2,1H3,(H2,8,9,10). The van der Waals surface area contributed by atoms with E-state index in [0.29, 0.717) is 16.5 Å². The maximum atomic E-state index is 10.5. The summed E-state index contributed by atoms with van der Waals surface area (Å²) in [4.78, 5) is 14.4. The molecule has 1 heterocycles. The largest absolute Gasteiger partial charge is 0.374 e. The van der Waals surface area contributed by atoms with Crippen molar-refractivity contribution in [3.05, 3.63) is 11.9 Å². The Morgan fingerprint density at radius 1 is 1.75 bits per heavy atom. The van der Waals surface area contributed by atoms with Crippen LogP contribution in [0.2, 0.25) is 0 Å². The van der Waals surface area contributed by atoms with Gasteiger partial charge >= 0.3 is 0 Å². The molecular weight excluding hydrogens is 174 g/mol. The Morgan fingerprint density at radius 3 is 2.92 bits per heavy atom. The van der Waals surface area contributed by atoms with Gasteiger partial charge in [-0.25, -0.2) is 0 Å². The molecule has 0 aliphatic heterocycles. The Kier molecular flexibility index (Phi) is 2.93. The molecule has 0 radical (unpaired) electrons. The predicted octanol–water partition coefficient (Wildman–Crippen LogP) is 1.11. The summed E-state index contributed by atoms with van der Waals surface area (Å²) in [5, 5.41) is 0.383. The van der Waals surface area contributed by atoms with Gasteiger partial charge in [-0.1, -0.05) is 13.0 Å². The normalized spacial score (nSPS) is 11.6. The number of hydrogen-bond donors (Lipinski definition) is 1. The number of nitrogens with zero attached hydrogens (tertiary/aromatic N) is 2. The Bertz CT molecular complexity index is 305. The first-order chi connectivity index (χ1) is 5.77. The van der Waals surface area contributed by atoms with Crippen molar-refractivity contribution >= 4 is 28.5 Å². The highest BCUT2D eigenvalue weighted by atomic mass is 32.1. The topological polar surface area (TPSA) is 68.9 Å². The molecule has 0 aromatic carbocycles. The van der Waals surface area contributed by atoms with Gasteiger partial charge in [0.05, 0.1) is 5.57 Å². The van der Waals surface area contributed by atoms with E-state index < -0.39 is 0 Å². The SMILES string of the molecule is CCC=C(C=O)c1nsc(N)n1. The summed E-state index contributed by atoms with van der Waals surface area (Å²) in [5.74, 6) is 0.425. The molecule has 0 bridgehead atoms. The number of anilines is 1. The van der Waals surface area contributed by atoms with Crippen LogP contribution in [0, 0.1) is 0 Å². The summed E-state index contributed by atoms with van der Waals surface area (Å²) in [6.07, 6.45) is 3.30. The minimum atomic E-state index is 0.383. The van der Waals surface area contributed by atoms with Gasteiger partial charge in [0, 0.05) is 11.5 Å². The van der Waals surface area contributed by atoms with Crippen LogP contribution in [0.1, 0.15) is 19.2 Å². The molecule has 64 valence electrons. The summed E-state index contributed by atoms with van der Waals surface area (Å²) in [6, 6.07) is 0. The second kappa shape index (κ2) is 3.96. The van der Waals surface area contributed by atoms with Gasteiger partial charge in [0.15, 0.2) is 17.2 Å². The van der Waals surface area contributed by atoms with E-state index in [2.05, 4.69) is 9.36 Å². The molecule has 1 rings (SSSR count). The van der Waals surface area contributed by atoms with Gasteiger partial charge in [0.25, 0.3) is 0 Å². The molecule has 0 spiro atoms. The molecule has 0 aliphatic carbocycles. The van der Waals surface area contributed by atoms with Gasteiger partial charge < -0.3 is 5.73 Å². The third-order valence-electron chi connectivity index (χ3n) is 1.25. The average molecular weight is 183 g/mol. The van der Waals surface area contributed by atoms with E-state index in [4.69, 9.17) is 5.73 Å². The van der Waals surface area contributed by atoms with Crippen LogP contribution < -0.4 is 5.73 Å². The number of carbonyl (C=O) groups is 1. The van der Waals surface area contributed by atoms with Crippen molar-refractivity contribution in [1.82, 2.24) is 9.36 Å². The number of hydrogen-bond acceptors (Lipinski definition) is 5. The highest BCUT2D eigenvalue weighted by Crippen LogP contribution is 2.13. The minimum Gasteiger partial charge on any atom is -0.374 e. The Balaban J connectivity index is 2.94. The third kappa shape index (κ3) is 1.88. The van der Waals surface area contributed by atoms with E-state index in [0.717, 1.165) is 24.2 Å². The average Bonchev–Trinajstić information content (AvgIpc) is 2.47. The van der Waals surface area contributed by atoms with Crippen molar-refractivity contribution in [2.24, 2.45) is 0 Å². The van der Waals surface area contributed by atoms with Crippen molar-refractivity contribution in [2.45, 2.75) is 13.3 Å². The second-order valence-corrected chi connectivity index (χ2v) is 2.93. The Morgan fingerprint density at radius 2 is 2.50 bits per heavy atom. The summed E-state index contributed by atoms with van der Waals surface area (Å²) in [5.41, 5.74) is 5.87. The highest BCUT2D eigenvalue weighted by Gasteiger charge is 2.05. The lowest BCUT2D eigenvalue weighted by Gasteiger charge is -1.89. The van der Waals surface area contributed by atoms with Crippen molar-refractivity contribution < 1.29 is 4.79 Å². The van der Waals surface area contributed by atoms with E-state index in [9.17, 15) is 4.79 Å². The molecule has 0 saturated carbocycles. The van der Waals surface area contributed by atoms with Crippen molar-refractivity contribution in [3.8, 4) is 0 Å². The maximum absolute atomic E-state index is 10.5. The number of nitrogens with two attached hydrogens (primary N) is 1. The first-order valence-corrected chi connectivity index (χ1v) is 4.30. The summed E-state index contributed by atoms with van der Waals surface area (Å²) < 4.78 is 3.91. The monoisotopic (exact) mass is 183 g/mol. The Hall–Kier alpha value is -1.23. The summed E-state index contributed by atoms with van der Waals surface area (Å²) in [7, 11) is 0. The van der Waals surface area contributed by atoms with Gasteiger partial charge in [-0.15, -0.1) is 0 Å². The van der Waals surface area contributed by atoms with E-state index >= 15 is 0 Å². The molecule has 12 heavy (non-hydrogen) atoms. The van der Waals surface area contributed by atoms with Crippen LogP contribution in [0.15, 0.2) is 6.08 Å². The molecule has 4 nitrogen and oxygen atoms in total. The summed E-state index contributed by atoms with van der Waals surface area (Å²) in [6.45, 7) is 1.94. The highest BCUT2D eigenvalue weighted by molar-refractivity contribution is 7.09. The molecule has 0 unspecified atom stereocenters. The van der Waals surface area contributed by atoms with Crippen LogP contribution in [0.3, 0.4) is 0 Å². The zero-order valence-corrected chi connectivity index (χ0v) is 7.47. The van der Waals surface area contributed by atoms with Crippen molar-refractivity contribution in [2.75, 3.05) is 5.73 Å². The quantitative estimate of drug-likeness (QED) is 0.563. The van der Waals surface area contributed by atoms with Crippen LogP contribution in [0.4, 0.5) is 5.13 Å². The van der Waals surface area contributed by atoms with Crippen LogP contribution in [0.25, 0.3) is 5.57 Å². The maximum Gasteiger partial charge on any atom is 0.200 e. The van der Waals surface area contributed by atoms with Gasteiger partial charge in [-0.05, 0) is 6.42 Å². The van der Waals surface area contributed by atoms with Crippen LogP contribution >= 0.6 is 11.5 Å². The lowest BCUT2D eigenvalue weighted by molar-refractivity contribution is -0.103. The van der Waals surface area contributed by atoms with Gasteiger partial charge in [-0.2, -0.15) is 9.36 Å². The Labute approximate surface area is 74.3 Å². The van der Waals surface area contributed by atoms with Gasteiger partial charge in [-0.3, -0.25) is 4.79 Å². The van der Waals surface area contributed by atoms with E-state index in [1.54, 1.807) is 6.08 Å². The second-order valence-electron chi connectivity index (χ2n) is 2.14. The molecule has 0 aliphatic rings. The lowest BCUT2D eigenvalue weighted by atomic mass is 10.2. The number of carbonyl (C=O) groups excluding carboxylic acids is 1. The zero-order valence-electron chi connectivity index (χ0n) is 6.65. The number of nitrogen functional groups attached to an aromatic ring is 1. The first-order valence-electron chi connectivity index (χ1n) is 3.52. The number of rotatable bonds is 3. The molecule has 0 atom stereocenters. The molecule has 5 heteroatoms. The predicted molar refractivity (Wildman–Crippen MR) is 48.7 cm³/mol. The van der Waals surface area contributed by atoms with E-state index in [-0.39, 0.29) is 0 Å².